The summed E-state index contributed by atoms with van der Waals surface area (Å²) in [5, 5.41) is 37.0. The van der Waals surface area contributed by atoms with Crippen LogP contribution in [0.15, 0.2) is 48.5 Å². The predicted molar refractivity (Wildman–Crippen MR) is 178 cm³/mol. The van der Waals surface area contributed by atoms with Gasteiger partial charge in [-0.25, -0.2) is 4.79 Å². The summed E-state index contributed by atoms with van der Waals surface area (Å²) < 4.78 is 24.2. The van der Waals surface area contributed by atoms with Gasteiger partial charge in [0.1, 0.15) is 22.6 Å². The molecule has 7 bridgehead atoms. The van der Waals surface area contributed by atoms with Crippen LogP contribution in [-0.4, -0.2) is 108 Å². The summed E-state index contributed by atoms with van der Waals surface area (Å²) in [6, 6.07) is 14.0. The number of carbonyl (C=O) groups is 2. The van der Waals surface area contributed by atoms with Crippen LogP contribution in [0.25, 0.3) is 0 Å². The smallest absolute Gasteiger partial charge is 0.339 e. The number of ether oxygens (including phenoxy) is 4. The average Bonchev–Trinajstić information content (AvgIpc) is 3.54. The van der Waals surface area contributed by atoms with E-state index >= 15 is 0 Å². The number of fused-ring (bicyclic) bond motifs is 2. The molecule has 2 aromatic carbocycles. The molecule has 264 valence electrons. The molecule has 5 saturated carbocycles. The van der Waals surface area contributed by atoms with Crippen molar-refractivity contribution in [1.29, 1.82) is 0 Å². The predicted octanol–water partition coefficient (Wildman–Crippen LogP) is 3.29. The lowest BCUT2D eigenvalue weighted by Crippen LogP contribution is -2.82. The minimum atomic E-state index is -1.53. The van der Waals surface area contributed by atoms with Crippen LogP contribution in [0.2, 0.25) is 0 Å². The largest absolute Gasteiger partial charge is 0.497 e. The molecule has 2 aromatic rings. The summed E-state index contributed by atoms with van der Waals surface area (Å²) in [4.78, 5) is 30.3. The Bertz CT molecular complexity index is 1650. The molecule has 12 atom stereocenters. The van der Waals surface area contributed by atoms with E-state index in [1.54, 1.807) is 63.8 Å². The van der Waals surface area contributed by atoms with Crippen LogP contribution in [0.5, 0.6) is 5.75 Å². The Balaban J connectivity index is 1.19. The highest BCUT2D eigenvalue weighted by molar-refractivity contribution is 6.00. The van der Waals surface area contributed by atoms with E-state index in [9.17, 15) is 24.9 Å². The van der Waals surface area contributed by atoms with Crippen molar-refractivity contribution in [2.45, 2.75) is 80.5 Å². The lowest BCUT2D eigenvalue weighted by atomic mass is 9.42. The van der Waals surface area contributed by atoms with Crippen molar-refractivity contribution in [3.8, 4) is 5.75 Å². The molecule has 0 radical (unpaired) electrons. The summed E-state index contributed by atoms with van der Waals surface area (Å²) in [5.74, 6) is -1.16. The zero-order valence-corrected chi connectivity index (χ0v) is 28.8. The molecule has 0 amide bonds. The maximum atomic E-state index is 14.5. The first-order chi connectivity index (χ1) is 23.6. The van der Waals surface area contributed by atoms with Crippen molar-refractivity contribution in [2.75, 3.05) is 41.0 Å². The Morgan fingerprint density at radius 1 is 1.00 bits per heavy atom. The molecule has 6 fully saturated rings. The van der Waals surface area contributed by atoms with Crippen LogP contribution in [0.4, 0.5) is 0 Å². The highest BCUT2D eigenvalue weighted by atomic mass is 16.6. The Kier molecular flexibility index (Phi) is 7.87. The molecule has 1 aliphatic heterocycles. The number of ketones is 1. The van der Waals surface area contributed by atoms with Crippen LogP contribution in [0.3, 0.4) is 0 Å². The van der Waals surface area contributed by atoms with Crippen molar-refractivity contribution in [1.82, 2.24) is 4.90 Å². The number of esters is 1. The molecule has 1 spiro atoms. The van der Waals surface area contributed by atoms with Gasteiger partial charge in [0, 0.05) is 80.9 Å². The monoisotopic (exact) mass is 675 g/mol. The number of piperidine rings is 1. The maximum absolute atomic E-state index is 14.5. The van der Waals surface area contributed by atoms with Gasteiger partial charge in [0.15, 0.2) is 5.78 Å². The number of nitrogens with zero attached hydrogens (tertiary/aromatic N) is 1. The van der Waals surface area contributed by atoms with Gasteiger partial charge in [-0.05, 0) is 61.9 Å². The number of likely N-dealkylation sites (tertiary alicyclic amines) is 1. The van der Waals surface area contributed by atoms with Crippen LogP contribution in [0.1, 0.15) is 65.3 Å². The zero-order chi connectivity index (χ0) is 34.5. The number of benzene rings is 2. The summed E-state index contributed by atoms with van der Waals surface area (Å²) in [6.45, 7) is 3.24. The average molecular weight is 676 g/mol. The van der Waals surface area contributed by atoms with Crippen LogP contribution < -0.4 is 4.74 Å². The summed E-state index contributed by atoms with van der Waals surface area (Å²) in [5.41, 5.74) is -3.06. The number of aliphatic hydroxyl groups is 3. The quantitative estimate of drug-likeness (QED) is 0.255. The van der Waals surface area contributed by atoms with Gasteiger partial charge in [0.2, 0.25) is 0 Å². The van der Waals surface area contributed by atoms with Gasteiger partial charge >= 0.3 is 5.97 Å². The van der Waals surface area contributed by atoms with Crippen molar-refractivity contribution in [3.05, 3.63) is 65.2 Å². The molecule has 10 nitrogen and oxygen atoms in total. The fraction of sp³-hybridized carbons (Fsp3) is 0.641. The van der Waals surface area contributed by atoms with E-state index in [1.165, 1.54) is 0 Å². The number of Topliss-reactive ketones (excluding diaryl/α,β-unsaturated/α-hetero) is 1. The van der Waals surface area contributed by atoms with E-state index in [2.05, 4.69) is 11.8 Å². The Labute approximate surface area is 287 Å². The van der Waals surface area contributed by atoms with Gasteiger partial charge < -0.3 is 34.3 Å². The first kappa shape index (κ1) is 33.3. The topological polar surface area (TPSA) is 135 Å². The lowest BCUT2D eigenvalue weighted by Gasteiger charge is -2.71. The van der Waals surface area contributed by atoms with Crippen LogP contribution in [-0.2, 0) is 20.6 Å². The molecule has 0 aromatic heterocycles. The molecule has 5 aliphatic carbocycles. The Hall–Kier alpha value is -2.86. The fourth-order valence-electron chi connectivity index (χ4n) is 12.7. The minimum Gasteiger partial charge on any atom is -0.497 e. The van der Waals surface area contributed by atoms with Crippen molar-refractivity contribution < 1.29 is 43.9 Å². The number of rotatable bonds is 10. The van der Waals surface area contributed by atoms with Crippen LogP contribution >= 0.6 is 0 Å². The van der Waals surface area contributed by atoms with Gasteiger partial charge in [-0.1, -0.05) is 37.3 Å². The summed E-state index contributed by atoms with van der Waals surface area (Å²) in [7, 11) is 4.84. The SMILES string of the molecule is CCN1C[C@]2(OC(=O)c3ccccc3CC(=O)c3cccc(OC)c3)CC[C@H](CO)[C@]34C1[C@H](CC23)[C@@]1(O)C[C@H](OC)[C@H]2CC4[C@]1(O)[C@H]2OC. The van der Waals surface area contributed by atoms with Gasteiger partial charge in [0.05, 0.1) is 24.9 Å². The minimum absolute atomic E-state index is 0.0270. The third-order valence-electron chi connectivity index (χ3n) is 14.3. The normalized spacial score (nSPS) is 42.9. The van der Waals surface area contributed by atoms with Gasteiger partial charge in [-0.3, -0.25) is 9.69 Å². The number of carbonyl (C=O) groups excluding carboxylic acids is 2. The molecule has 8 rings (SSSR count). The lowest BCUT2D eigenvalue weighted by molar-refractivity contribution is -0.333. The third-order valence-corrected chi connectivity index (χ3v) is 14.3. The van der Waals surface area contributed by atoms with E-state index in [4.69, 9.17) is 18.9 Å². The van der Waals surface area contributed by atoms with Crippen LogP contribution in [0, 0.1) is 35.0 Å². The van der Waals surface area contributed by atoms with Gasteiger partial charge in [-0.15, -0.1) is 0 Å². The highest BCUT2D eigenvalue weighted by Gasteiger charge is 2.88. The number of hydrogen-bond donors (Lipinski definition) is 3. The van der Waals surface area contributed by atoms with E-state index < -0.39 is 34.3 Å². The van der Waals surface area contributed by atoms with E-state index in [0.717, 1.165) is 0 Å². The summed E-state index contributed by atoms with van der Waals surface area (Å²) >= 11 is 0. The first-order valence-corrected chi connectivity index (χ1v) is 17.9. The molecule has 6 aliphatic rings. The second-order valence-electron chi connectivity index (χ2n) is 15.6. The Morgan fingerprint density at radius 2 is 1.80 bits per heavy atom. The van der Waals surface area contributed by atoms with Crippen molar-refractivity contribution in [2.24, 2.45) is 35.0 Å². The second kappa shape index (κ2) is 11.6. The van der Waals surface area contributed by atoms with E-state index in [-0.39, 0.29) is 60.5 Å². The molecular weight excluding hydrogens is 626 g/mol. The molecular formula is C39H49NO9. The maximum Gasteiger partial charge on any atom is 0.339 e. The number of aliphatic hydroxyl groups excluding tert-OH is 1. The molecule has 1 saturated heterocycles. The van der Waals surface area contributed by atoms with Crippen molar-refractivity contribution in [3.63, 3.8) is 0 Å². The molecule has 3 N–H and O–H groups in total. The second-order valence-corrected chi connectivity index (χ2v) is 15.6. The first-order valence-electron chi connectivity index (χ1n) is 17.9. The highest BCUT2D eigenvalue weighted by Crippen LogP contribution is 2.80. The van der Waals surface area contributed by atoms with E-state index in [0.29, 0.717) is 67.6 Å². The van der Waals surface area contributed by atoms with Gasteiger partial charge in [0.25, 0.3) is 0 Å². The molecule has 3 unspecified atom stereocenters. The molecule has 10 heteroatoms. The third kappa shape index (κ3) is 4.16. The fourth-order valence-corrected chi connectivity index (χ4v) is 12.7. The molecule has 1 heterocycles. The van der Waals surface area contributed by atoms with Gasteiger partial charge in [-0.2, -0.15) is 0 Å². The molecule has 49 heavy (non-hydrogen) atoms. The van der Waals surface area contributed by atoms with Crippen molar-refractivity contribution >= 4 is 11.8 Å². The van der Waals surface area contributed by atoms with E-state index in [1.807, 2.05) is 6.07 Å². The Morgan fingerprint density at radius 3 is 2.51 bits per heavy atom. The number of methoxy groups -OCH3 is 3. The summed E-state index contributed by atoms with van der Waals surface area (Å²) in [6.07, 6.45) is 1.84. The standard InChI is InChI=1S/C39H49NO9/c1-5-40-21-36(49-35(43)26-12-7-6-9-22(26)16-29(42)23-10-8-11-25(15-23)46-2)14-13-24(20-41)38-31(36)18-28(33(38)40)37(44)19-30(47-3)27-17-32(38)39(37,45)34(27)48-4/h6-12,15,24,27-28,30-34,41,44-45H,5,13-14,16-21H2,1-4H3/t24-,27-,28+,30+,31?,32?,33?,34+,36-,37+,38+,39+/m1/s1. The zero-order valence-electron chi connectivity index (χ0n) is 28.8. The number of hydrogen-bond acceptors (Lipinski definition) is 10. The number of likely N-dealkylation sites (N-methyl/N-ethyl adjacent to an activating group) is 1.